The highest BCUT2D eigenvalue weighted by Gasteiger charge is 2.17. The number of hydrogen-bond donors (Lipinski definition) is 2. The summed E-state index contributed by atoms with van der Waals surface area (Å²) in [5, 5.41) is 2.94. The van der Waals surface area contributed by atoms with Crippen LogP contribution in [0.2, 0.25) is 0 Å². The van der Waals surface area contributed by atoms with Crippen LogP contribution in [0.1, 0.15) is 23.0 Å². The number of H-pyrrole nitrogens is 1. The van der Waals surface area contributed by atoms with Gasteiger partial charge in [-0.05, 0) is 32.0 Å². The lowest BCUT2D eigenvalue weighted by Crippen LogP contribution is -2.32. The number of fused-ring (bicyclic) bond motifs is 1. The van der Waals surface area contributed by atoms with E-state index in [0.717, 1.165) is 0 Å². The molecule has 0 saturated heterocycles. The number of methoxy groups -OCH3 is 1. The lowest BCUT2D eigenvalue weighted by atomic mass is 10.1. The van der Waals surface area contributed by atoms with E-state index in [-0.39, 0.29) is 29.7 Å². The molecule has 0 fully saturated rings. The Bertz CT molecular complexity index is 1170. The van der Waals surface area contributed by atoms with E-state index < -0.39 is 17.2 Å². The first-order chi connectivity index (χ1) is 14.0. The molecule has 0 bridgehead atoms. The molecule has 1 aromatic carbocycles. The van der Waals surface area contributed by atoms with Crippen LogP contribution in [0, 0.1) is 6.92 Å². The minimum atomic E-state index is -0.602. The van der Waals surface area contributed by atoms with Crippen molar-refractivity contribution in [2.75, 3.05) is 25.6 Å². The zero-order chi connectivity index (χ0) is 21.0. The summed E-state index contributed by atoms with van der Waals surface area (Å²) < 4.78 is 11.9. The van der Waals surface area contributed by atoms with E-state index in [4.69, 9.17) is 9.47 Å². The number of carbonyl (C=O) groups excluding carboxylic acids is 1. The van der Waals surface area contributed by atoms with Crippen molar-refractivity contribution in [1.29, 1.82) is 0 Å². The van der Waals surface area contributed by atoms with Gasteiger partial charge in [-0.2, -0.15) is 0 Å². The maximum Gasteiger partial charge on any atom is 0.330 e. The number of pyridine rings is 1. The molecule has 9 heteroatoms. The number of anilines is 1. The molecule has 3 rings (SSSR count). The van der Waals surface area contributed by atoms with Gasteiger partial charge in [-0.1, -0.05) is 12.1 Å². The van der Waals surface area contributed by atoms with Crippen molar-refractivity contribution in [3.8, 4) is 5.75 Å². The van der Waals surface area contributed by atoms with Crippen LogP contribution in [0.5, 0.6) is 5.75 Å². The molecule has 0 radical (unpaired) electrons. The monoisotopic (exact) mass is 398 g/mol. The smallest absolute Gasteiger partial charge is 0.330 e. The van der Waals surface area contributed by atoms with Crippen LogP contribution in [-0.4, -0.2) is 40.8 Å². The number of nitrogens with one attached hydrogen (secondary N) is 2. The van der Waals surface area contributed by atoms with Gasteiger partial charge in [0, 0.05) is 7.11 Å². The number of carbonyl (C=O) groups is 1. The third kappa shape index (κ3) is 4.19. The molecule has 0 aliphatic heterocycles. The summed E-state index contributed by atoms with van der Waals surface area (Å²) in [5.41, 5.74) is 0.160. The largest absolute Gasteiger partial charge is 0.492 e. The van der Waals surface area contributed by atoms with Crippen molar-refractivity contribution in [1.82, 2.24) is 14.5 Å². The maximum atomic E-state index is 12.9. The van der Waals surface area contributed by atoms with Crippen LogP contribution < -0.4 is 21.3 Å². The van der Waals surface area contributed by atoms with Crippen LogP contribution in [0.3, 0.4) is 0 Å². The van der Waals surface area contributed by atoms with Gasteiger partial charge in [-0.15, -0.1) is 0 Å². The lowest BCUT2D eigenvalue weighted by Gasteiger charge is -2.13. The molecule has 0 aliphatic carbocycles. The number of aryl methyl sites for hydroxylation is 1. The molecule has 0 spiro atoms. The van der Waals surface area contributed by atoms with Gasteiger partial charge in [0.25, 0.3) is 11.5 Å². The number of benzene rings is 1. The van der Waals surface area contributed by atoms with E-state index in [9.17, 15) is 14.4 Å². The molecule has 9 nitrogen and oxygen atoms in total. The molecule has 0 unspecified atom stereocenters. The SMILES string of the molecule is CCOc1ccccc1NC(=O)c1cc2c(=O)[nH]c(=O)n(CCOC)c2nc1C. The number of aromatic amines is 1. The van der Waals surface area contributed by atoms with E-state index in [2.05, 4.69) is 15.3 Å². The molecule has 0 aliphatic rings. The Labute approximate surface area is 166 Å². The fourth-order valence-electron chi connectivity index (χ4n) is 2.95. The molecule has 2 heterocycles. The van der Waals surface area contributed by atoms with Crippen LogP contribution in [0.4, 0.5) is 5.69 Å². The van der Waals surface area contributed by atoms with Gasteiger partial charge in [0.1, 0.15) is 11.4 Å². The molecular weight excluding hydrogens is 376 g/mol. The Morgan fingerprint density at radius 3 is 2.76 bits per heavy atom. The second kappa shape index (κ2) is 8.70. The number of amides is 1. The summed E-state index contributed by atoms with van der Waals surface area (Å²) in [6.07, 6.45) is 0. The Hall–Kier alpha value is -3.46. The average Bonchev–Trinajstić information content (AvgIpc) is 2.69. The zero-order valence-corrected chi connectivity index (χ0v) is 16.4. The molecule has 1 amide bonds. The normalized spacial score (nSPS) is 10.9. The standard InChI is InChI=1S/C20H22N4O5/c1-4-29-16-8-6-5-7-15(16)22-18(25)13-11-14-17(21-12(13)2)24(9-10-28-3)20(27)23-19(14)26/h5-8,11H,4,9-10H2,1-3H3,(H,22,25)(H,23,26,27). The van der Waals surface area contributed by atoms with Crippen molar-refractivity contribution < 1.29 is 14.3 Å². The molecule has 2 N–H and O–H groups in total. The minimum Gasteiger partial charge on any atom is -0.492 e. The first kappa shape index (κ1) is 20.3. The second-order valence-electron chi connectivity index (χ2n) is 6.28. The first-order valence-corrected chi connectivity index (χ1v) is 9.12. The van der Waals surface area contributed by atoms with Crippen LogP contribution in [-0.2, 0) is 11.3 Å². The highest BCUT2D eigenvalue weighted by atomic mass is 16.5. The van der Waals surface area contributed by atoms with E-state index in [1.165, 1.54) is 17.7 Å². The highest BCUT2D eigenvalue weighted by molar-refractivity contribution is 6.07. The molecule has 2 aromatic heterocycles. The summed E-state index contributed by atoms with van der Waals surface area (Å²) in [6, 6.07) is 8.51. The van der Waals surface area contributed by atoms with Gasteiger partial charge < -0.3 is 14.8 Å². The number of nitrogens with zero attached hydrogens (tertiary/aromatic N) is 2. The molecule has 0 saturated carbocycles. The van der Waals surface area contributed by atoms with Crippen molar-refractivity contribution in [3.63, 3.8) is 0 Å². The fraction of sp³-hybridized carbons (Fsp3) is 0.300. The van der Waals surface area contributed by atoms with Crippen LogP contribution in [0.15, 0.2) is 39.9 Å². The van der Waals surface area contributed by atoms with E-state index in [1.54, 1.807) is 25.1 Å². The summed E-state index contributed by atoms with van der Waals surface area (Å²) in [4.78, 5) is 44.0. The topological polar surface area (TPSA) is 115 Å². The summed E-state index contributed by atoms with van der Waals surface area (Å²) in [7, 11) is 1.51. The fourth-order valence-corrected chi connectivity index (χ4v) is 2.95. The van der Waals surface area contributed by atoms with Crippen molar-refractivity contribution in [2.24, 2.45) is 0 Å². The zero-order valence-electron chi connectivity index (χ0n) is 16.4. The van der Waals surface area contributed by atoms with Gasteiger partial charge in [0.2, 0.25) is 0 Å². The van der Waals surface area contributed by atoms with E-state index in [0.29, 0.717) is 23.7 Å². The Morgan fingerprint density at radius 1 is 1.28 bits per heavy atom. The van der Waals surface area contributed by atoms with Gasteiger partial charge in [-0.25, -0.2) is 9.78 Å². The lowest BCUT2D eigenvalue weighted by molar-refractivity contribution is 0.102. The Kier molecular flexibility index (Phi) is 6.08. The minimum absolute atomic E-state index is 0.148. The molecule has 29 heavy (non-hydrogen) atoms. The van der Waals surface area contributed by atoms with Crippen molar-refractivity contribution in [2.45, 2.75) is 20.4 Å². The summed E-state index contributed by atoms with van der Waals surface area (Å²) >= 11 is 0. The Balaban J connectivity index is 2.05. The average molecular weight is 398 g/mol. The molecular formula is C20H22N4O5. The number of aromatic nitrogens is 3. The predicted octanol–water partition coefficient (Wildman–Crippen LogP) is 1.69. The number of para-hydroxylation sites is 2. The first-order valence-electron chi connectivity index (χ1n) is 9.12. The highest BCUT2D eigenvalue weighted by Crippen LogP contribution is 2.25. The van der Waals surface area contributed by atoms with E-state index in [1.807, 2.05) is 13.0 Å². The van der Waals surface area contributed by atoms with Crippen molar-refractivity contribution >= 4 is 22.6 Å². The van der Waals surface area contributed by atoms with Gasteiger partial charge in [0.05, 0.1) is 42.1 Å². The van der Waals surface area contributed by atoms with Crippen molar-refractivity contribution in [3.05, 3.63) is 62.4 Å². The third-order valence-electron chi connectivity index (χ3n) is 4.36. The number of rotatable bonds is 7. The Morgan fingerprint density at radius 2 is 2.03 bits per heavy atom. The quantitative estimate of drug-likeness (QED) is 0.626. The van der Waals surface area contributed by atoms with Crippen LogP contribution >= 0.6 is 0 Å². The van der Waals surface area contributed by atoms with Crippen LogP contribution in [0.25, 0.3) is 11.0 Å². The second-order valence-corrected chi connectivity index (χ2v) is 6.28. The molecule has 0 atom stereocenters. The number of ether oxygens (including phenoxy) is 2. The molecule has 152 valence electrons. The summed E-state index contributed by atoms with van der Waals surface area (Å²) in [6.45, 7) is 4.46. The van der Waals surface area contributed by atoms with Gasteiger partial charge in [0.15, 0.2) is 0 Å². The maximum absolute atomic E-state index is 12.9. The number of hydrogen-bond acceptors (Lipinski definition) is 6. The predicted molar refractivity (Wildman–Crippen MR) is 109 cm³/mol. The van der Waals surface area contributed by atoms with Gasteiger partial charge >= 0.3 is 5.69 Å². The van der Waals surface area contributed by atoms with Gasteiger partial charge in [-0.3, -0.25) is 19.1 Å². The van der Waals surface area contributed by atoms with E-state index >= 15 is 0 Å². The summed E-state index contributed by atoms with van der Waals surface area (Å²) in [5.74, 6) is 0.110. The molecule has 3 aromatic rings. The third-order valence-corrected chi connectivity index (χ3v) is 4.36.